The first-order chi connectivity index (χ1) is 12.2. The van der Waals surface area contributed by atoms with Crippen molar-refractivity contribution >= 4 is 27.3 Å². The second-order valence-electron chi connectivity index (χ2n) is 6.23. The van der Waals surface area contributed by atoms with E-state index in [2.05, 4.69) is 12.2 Å². The maximum atomic E-state index is 10.6. The molecule has 0 aliphatic rings. The van der Waals surface area contributed by atoms with Crippen molar-refractivity contribution in [3.8, 4) is 0 Å². The zero-order valence-corrected chi connectivity index (χ0v) is 17.0. The Balaban J connectivity index is 1.85. The van der Waals surface area contributed by atoms with Crippen molar-refractivity contribution in [2.75, 3.05) is 18.8 Å². The van der Waals surface area contributed by atoms with Gasteiger partial charge < -0.3 is 5.32 Å². The van der Waals surface area contributed by atoms with Gasteiger partial charge in [-0.15, -0.1) is 0 Å². The van der Waals surface area contributed by atoms with Crippen LogP contribution in [0.4, 0.5) is 5.69 Å². The molecule has 1 aromatic carbocycles. The van der Waals surface area contributed by atoms with Crippen molar-refractivity contribution in [3.05, 3.63) is 39.9 Å². The molecule has 0 aliphatic carbocycles. The van der Waals surface area contributed by atoms with E-state index in [1.54, 1.807) is 12.1 Å². The van der Waals surface area contributed by atoms with Crippen molar-refractivity contribution in [1.82, 2.24) is 5.32 Å². The molecule has 1 rings (SSSR count). The molecule has 4 nitrogen and oxygen atoms in total. The summed E-state index contributed by atoms with van der Waals surface area (Å²) in [6.45, 7) is 4.44. The lowest BCUT2D eigenvalue weighted by Crippen LogP contribution is -2.18. The number of unbranched alkanes of at least 4 members (excludes halogenated alkanes) is 7. The molecule has 0 spiro atoms. The Morgan fingerprint density at radius 1 is 0.920 bits per heavy atom. The molecule has 0 saturated heterocycles. The molecule has 0 radical (unpaired) electrons. The number of non-ortho nitro benzene ring substituents is 1. The number of nitro groups is 1. The highest BCUT2D eigenvalue weighted by Crippen LogP contribution is 2.26. The van der Waals surface area contributed by atoms with Gasteiger partial charge in [-0.2, -0.15) is 0 Å². The van der Waals surface area contributed by atoms with Gasteiger partial charge in [0.1, 0.15) is 0 Å². The highest BCUT2D eigenvalue weighted by Gasteiger charge is 2.03. The van der Waals surface area contributed by atoms with Crippen molar-refractivity contribution in [1.29, 1.82) is 0 Å². The first kappa shape index (κ1) is 22.3. The highest BCUT2D eigenvalue weighted by molar-refractivity contribution is 8.76. The minimum Gasteiger partial charge on any atom is -0.316 e. The minimum absolute atomic E-state index is 0.159. The van der Waals surface area contributed by atoms with E-state index in [1.807, 2.05) is 33.7 Å². The lowest BCUT2D eigenvalue weighted by Gasteiger charge is -2.05. The summed E-state index contributed by atoms with van der Waals surface area (Å²) in [5.74, 6) is 1.98. The van der Waals surface area contributed by atoms with Crippen LogP contribution in [0.5, 0.6) is 0 Å². The standard InChI is InChI=1S/C19H32N2O2S2/c1-2-3-4-5-6-7-8-9-14-20-15-16-24-25-17-18-10-12-19(13-11-18)21(22)23/h10-13,20H,2-9,14-17H2,1H3. The van der Waals surface area contributed by atoms with E-state index >= 15 is 0 Å². The molecule has 1 N–H and O–H groups in total. The molecule has 0 amide bonds. The number of hydrogen-bond donors (Lipinski definition) is 1. The summed E-state index contributed by atoms with van der Waals surface area (Å²) in [4.78, 5) is 10.2. The van der Waals surface area contributed by atoms with Crippen LogP contribution in [0.2, 0.25) is 0 Å². The molecule has 0 saturated carbocycles. The van der Waals surface area contributed by atoms with Crippen molar-refractivity contribution in [2.45, 2.75) is 64.0 Å². The highest BCUT2D eigenvalue weighted by atomic mass is 33.1. The van der Waals surface area contributed by atoms with Gasteiger partial charge in [0.25, 0.3) is 5.69 Å². The molecule has 6 heteroatoms. The SMILES string of the molecule is CCCCCCCCCCNCCSSCc1ccc([N+](=O)[O-])cc1. The van der Waals surface area contributed by atoms with Crippen LogP contribution in [0.25, 0.3) is 0 Å². The second kappa shape index (κ2) is 15.5. The maximum absolute atomic E-state index is 10.6. The summed E-state index contributed by atoms with van der Waals surface area (Å²) in [6, 6.07) is 6.83. The number of benzene rings is 1. The molecule has 0 fully saturated rings. The molecular formula is C19H32N2O2S2. The predicted octanol–water partition coefficient (Wildman–Crippen LogP) is 6.21. The van der Waals surface area contributed by atoms with Gasteiger partial charge >= 0.3 is 0 Å². The van der Waals surface area contributed by atoms with Gasteiger partial charge in [-0.3, -0.25) is 10.1 Å². The van der Waals surface area contributed by atoms with E-state index in [1.165, 1.54) is 51.4 Å². The van der Waals surface area contributed by atoms with E-state index in [0.717, 1.165) is 30.2 Å². The molecule has 0 heterocycles. The number of nitro benzene ring substituents is 1. The smallest absolute Gasteiger partial charge is 0.269 e. The minimum atomic E-state index is -0.357. The van der Waals surface area contributed by atoms with E-state index in [0.29, 0.717) is 0 Å². The van der Waals surface area contributed by atoms with Crippen molar-refractivity contribution in [3.63, 3.8) is 0 Å². The predicted molar refractivity (Wildman–Crippen MR) is 112 cm³/mol. The van der Waals surface area contributed by atoms with Crippen molar-refractivity contribution < 1.29 is 4.92 Å². The topological polar surface area (TPSA) is 55.2 Å². The first-order valence-corrected chi connectivity index (χ1v) is 11.9. The van der Waals surface area contributed by atoms with Gasteiger partial charge in [-0.05, 0) is 18.5 Å². The summed E-state index contributed by atoms with van der Waals surface area (Å²) in [5, 5.41) is 14.1. The van der Waals surface area contributed by atoms with Gasteiger partial charge in [0.05, 0.1) is 4.92 Å². The van der Waals surface area contributed by atoms with Crippen LogP contribution in [-0.2, 0) is 5.75 Å². The van der Waals surface area contributed by atoms with Crippen LogP contribution in [0.3, 0.4) is 0 Å². The molecule has 0 unspecified atom stereocenters. The lowest BCUT2D eigenvalue weighted by molar-refractivity contribution is -0.384. The largest absolute Gasteiger partial charge is 0.316 e. The molecule has 0 aliphatic heterocycles. The van der Waals surface area contributed by atoms with Crippen LogP contribution in [0, 0.1) is 10.1 Å². The average Bonchev–Trinajstić information content (AvgIpc) is 2.62. The van der Waals surface area contributed by atoms with Crippen LogP contribution in [-0.4, -0.2) is 23.8 Å². The number of rotatable bonds is 16. The average molecular weight is 385 g/mol. The third kappa shape index (κ3) is 12.3. The van der Waals surface area contributed by atoms with E-state index in [-0.39, 0.29) is 10.6 Å². The molecule has 1 aromatic rings. The van der Waals surface area contributed by atoms with E-state index < -0.39 is 0 Å². The fraction of sp³-hybridized carbons (Fsp3) is 0.684. The summed E-state index contributed by atoms with van der Waals surface area (Å²) in [7, 11) is 3.67. The fourth-order valence-corrected chi connectivity index (χ4v) is 4.52. The van der Waals surface area contributed by atoms with E-state index in [4.69, 9.17) is 0 Å². The fourth-order valence-electron chi connectivity index (χ4n) is 2.51. The molecule has 0 aromatic heterocycles. The zero-order chi connectivity index (χ0) is 18.2. The van der Waals surface area contributed by atoms with E-state index in [9.17, 15) is 10.1 Å². The number of hydrogen-bond acceptors (Lipinski definition) is 5. The molecular weight excluding hydrogens is 352 g/mol. The van der Waals surface area contributed by atoms with Gasteiger partial charge in [0.2, 0.25) is 0 Å². The van der Waals surface area contributed by atoms with Gasteiger partial charge in [-0.1, -0.05) is 85.6 Å². The second-order valence-corrected chi connectivity index (χ2v) is 8.82. The quantitative estimate of drug-likeness (QED) is 0.159. The Morgan fingerprint density at radius 3 is 2.20 bits per heavy atom. The number of nitrogens with one attached hydrogen (secondary N) is 1. The molecule has 25 heavy (non-hydrogen) atoms. The Morgan fingerprint density at radius 2 is 1.56 bits per heavy atom. The maximum Gasteiger partial charge on any atom is 0.269 e. The van der Waals surface area contributed by atoms with Crippen LogP contribution >= 0.6 is 21.6 Å². The van der Waals surface area contributed by atoms with Crippen LogP contribution in [0.15, 0.2) is 24.3 Å². The van der Waals surface area contributed by atoms with Gasteiger partial charge in [0, 0.05) is 30.2 Å². The monoisotopic (exact) mass is 384 g/mol. The van der Waals surface area contributed by atoms with Gasteiger partial charge in [0.15, 0.2) is 0 Å². The Kier molecular flexibility index (Phi) is 13.9. The third-order valence-electron chi connectivity index (χ3n) is 4.03. The van der Waals surface area contributed by atoms with Crippen LogP contribution < -0.4 is 5.32 Å². The molecule has 0 bridgehead atoms. The summed E-state index contributed by atoms with van der Waals surface area (Å²) >= 11 is 0. The Labute approximate surface area is 160 Å². The third-order valence-corrected chi connectivity index (χ3v) is 6.37. The lowest BCUT2D eigenvalue weighted by atomic mass is 10.1. The first-order valence-electron chi connectivity index (χ1n) is 9.42. The summed E-state index contributed by atoms with van der Waals surface area (Å²) < 4.78 is 0. The van der Waals surface area contributed by atoms with Crippen LogP contribution in [0.1, 0.15) is 63.9 Å². The zero-order valence-electron chi connectivity index (χ0n) is 15.4. The molecule has 142 valence electrons. The van der Waals surface area contributed by atoms with Gasteiger partial charge in [-0.25, -0.2) is 0 Å². The van der Waals surface area contributed by atoms with Crippen molar-refractivity contribution in [2.24, 2.45) is 0 Å². The number of nitrogens with zero attached hydrogens (tertiary/aromatic N) is 1. The summed E-state index contributed by atoms with van der Waals surface area (Å²) in [6.07, 6.45) is 10.9. The normalized spacial score (nSPS) is 10.9. The molecule has 0 atom stereocenters. The Bertz CT molecular complexity index is 455. The Hall–Kier alpha value is -0.720. The summed E-state index contributed by atoms with van der Waals surface area (Å²) in [5.41, 5.74) is 1.29.